The second kappa shape index (κ2) is 5.11. The number of hydrogen-bond donors (Lipinski definition) is 2. The molecule has 0 aromatic carbocycles. The van der Waals surface area contributed by atoms with Crippen LogP contribution in [0.1, 0.15) is 6.42 Å². The van der Waals surface area contributed by atoms with E-state index in [4.69, 9.17) is 0 Å². The highest BCUT2D eigenvalue weighted by atomic mass is 32.2. The van der Waals surface area contributed by atoms with Crippen LogP contribution in [0.3, 0.4) is 0 Å². The van der Waals surface area contributed by atoms with Crippen molar-refractivity contribution < 1.29 is 9.59 Å². The lowest BCUT2D eigenvalue weighted by molar-refractivity contribution is -0.126. The summed E-state index contributed by atoms with van der Waals surface area (Å²) < 4.78 is 0. The highest BCUT2D eigenvalue weighted by Crippen LogP contribution is 2.08. The van der Waals surface area contributed by atoms with Crippen LogP contribution in [0.2, 0.25) is 0 Å². The van der Waals surface area contributed by atoms with Crippen LogP contribution in [0.4, 0.5) is 0 Å². The van der Waals surface area contributed by atoms with Crippen molar-refractivity contribution in [1.82, 2.24) is 10.6 Å². The van der Waals surface area contributed by atoms with Crippen molar-refractivity contribution in [3.8, 4) is 0 Å². The molecule has 4 nitrogen and oxygen atoms in total. The SMILES string of the molecule is CSCCNC(=O)C1CNC(=O)C1. The molecule has 2 amide bonds. The lowest BCUT2D eigenvalue weighted by Crippen LogP contribution is -2.33. The lowest BCUT2D eigenvalue weighted by atomic mass is 10.1. The number of carbonyl (C=O) groups excluding carboxylic acids is 2. The molecule has 0 aliphatic carbocycles. The topological polar surface area (TPSA) is 58.2 Å². The largest absolute Gasteiger partial charge is 0.355 e. The first-order valence-corrected chi connectivity index (χ1v) is 5.66. The first kappa shape index (κ1) is 10.4. The maximum atomic E-state index is 11.4. The Labute approximate surface area is 81.8 Å². The fraction of sp³-hybridized carbons (Fsp3) is 0.750. The van der Waals surface area contributed by atoms with E-state index in [-0.39, 0.29) is 17.7 Å². The van der Waals surface area contributed by atoms with E-state index < -0.39 is 0 Å². The van der Waals surface area contributed by atoms with Crippen molar-refractivity contribution >= 4 is 23.6 Å². The van der Waals surface area contributed by atoms with Crippen LogP contribution in [0.25, 0.3) is 0 Å². The van der Waals surface area contributed by atoms with Crippen molar-refractivity contribution in [3.63, 3.8) is 0 Å². The Hall–Kier alpha value is -0.710. The Balaban J connectivity index is 2.20. The molecule has 1 heterocycles. The van der Waals surface area contributed by atoms with Crippen molar-refractivity contribution in [2.75, 3.05) is 25.1 Å². The molecule has 0 radical (unpaired) electrons. The Morgan fingerprint density at radius 3 is 3.08 bits per heavy atom. The van der Waals surface area contributed by atoms with Crippen molar-refractivity contribution in [2.45, 2.75) is 6.42 Å². The van der Waals surface area contributed by atoms with Gasteiger partial charge in [0, 0.05) is 25.3 Å². The third-order valence-electron chi connectivity index (χ3n) is 1.95. The predicted molar refractivity (Wildman–Crippen MR) is 52.5 cm³/mol. The summed E-state index contributed by atoms with van der Waals surface area (Å²) >= 11 is 1.69. The molecular weight excluding hydrogens is 188 g/mol. The maximum absolute atomic E-state index is 11.4. The van der Waals surface area contributed by atoms with Gasteiger partial charge >= 0.3 is 0 Å². The zero-order valence-corrected chi connectivity index (χ0v) is 8.45. The zero-order chi connectivity index (χ0) is 9.68. The molecule has 0 aromatic heterocycles. The molecule has 1 fully saturated rings. The fourth-order valence-corrected chi connectivity index (χ4v) is 1.52. The standard InChI is InChI=1S/C8H14N2O2S/c1-13-3-2-9-8(12)6-4-7(11)10-5-6/h6H,2-5H2,1H3,(H,9,12)(H,10,11). The van der Waals surface area contributed by atoms with E-state index in [1.807, 2.05) is 6.26 Å². The van der Waals surface area contributed by atoms with Gasteiger partial charge in [0.2, 0.25) is 11.8 Å². The molecule has 0 spiro atoms. The molecule has 1 aliphatic rings. The Bertz CT molecular complexity index is 208. The third kappa shape index (κ3) is 3.26. The molecule has 2 N–H and O–H groups in total. The van der Waals surface area contributed by atoms with Crippen LogP contribution in [0.15, 0.2) is 0 Å². The first-order valence-electron chi connectivity index (χ1n) is 4.27. The fourth-order valence-electron chi connectivity index (χ4n) is 1.21. The average molecular weight is 202 g/mol. The summed E-state index contributed by atoms with van der Waals surface area (Å²) in [7, 11) is 0. The number of thioether (sulfide) groups is 1. The van der Waals surface area contributed by atoms with Crippen molar-refractivity contribution in [1.29, 1.82) is 0 Å². The lowest BCUT2D eigenvalue weighted by Gasteiger charge is -2.07. The normalized spacial score (nSPS) is 21.3. The number of rotatable bonds is 4. The Kier molecular flexibility index (Phi) is 4.08. The molecule has 1 saturated heterocycles. The minimum Gasteiger partial charge on any atom is -0.355 e. The van der Waals surface area contributed by atoms with Gasteiger partial charge in [-0.3, -0.25) is 9.59 Å². The Morgan fingerprint density at radius 1 is 1.77 bits per heavy atom. The van der Waals surface area contributed by atoms with E-state index in [9.17, 15) is 9.59 Å². The molecule has 5 heteroatoms. The van der Waals surface area contributed by atoms with Gasteiger partial charge in [0.1, 0.15) is 0 Å². The molecule has 1 unspecified atom stereocenters. The highest BCUT2D eigenvalue weighted by Gasteiger charge is 2.27. The van der Waals surface area contributed by atoms with Gasteiger partial charge in [0.15, 0.2) is 0 Å². The van der Waals surface area contributed by atoms with Crippen LogP contribution in [-0.4, -0.2) is 36.9 Å². The molecule has 1 rings (SSSR count). The van der Waals surface area contributed by atoms with Crippen LogP contribution in [0.5, 0.6) is 0 Å². The number of hydrogen-bond acceptors (Lipinski definition) is 3. The predicted octanol–water partition coefficient (Wildman–Crippen LogP) is -0.398. The third-order valence-corrected chi connectivity index (χ3v) is 2.57. The highest BCUT2D eigenvalue weighted by molar-refractivity contribution is 7.98. The summed E-state index contributed by atoms with van der Waals surface area (Å²) in [6.07, 6.45) is 2.33. The molecule has 0 saturated carbocycles. The van der Waals surface area contributed by atoms with Crippen LogP contribution >= 0.6 is 11.8 Å². The smallest absolute Gasteiger partial charge is 0.225 e. The van der Waals surface area contributed by atoms with Gasteiger partial charge in [-0.15, -0.1) is 0 Å². The molecular formula is C8H14N2O2S. The minimum atomic E-state index is -0.158. The van der Waals surface area contributed by atoms with Crippen LogP contribution in [-0.2, 0) is 9.59 Å². The van der Waals surface area contributed by atoms with Crippen LogP contribution < -0.4 is 10.6 Å². The second-order valence-electron chi connectivity index (χ2n) is 2.99. The quantitative estimate of drug-likeness (QED) is 0.610. The Morgan fingerprint density at radius 2 is 2.54 bits per heavy atom. The van der Waals surface area contributed by atoms with Crippen LogP contribution in [0, 0.1) is 5.92 Å². The minimum absolute atomic E-state index is 0.00704. The van der Waals surface area contributed by atoms with Gasteiger partial charge in [-0.25, -0.2) is 0 Å². The van der Waals surface area contributed by atoms with Gasteiger partial charge in [0.05, 0.1) is 5.92 Å². The van der Waals surface area contributed by atoms with Gasteiger partial charge in [-0.2, -0.15) is 11.8 Å². The van der Waals surface area contributed by atoms with Crippen molar-refractivity contribution in [3.05, 3.63) is 0 Å². The summed E-state index contributed by atoms with van der Waals surface area (Å²) in [4.78, 5) is 22.1. The van der Waals surface area contributed by atoms with Crippen molar-refractivity contribution in [2.24, 2.45) is 5.92 Å². The van der Waals surface area contributed by atoms with E-state index in [0.717, 1.165) is 5.75 Å². The van der Waals surface area contributed by atoms with Gasteiger partial charge in [-0.1, -0.05) is 0 Å². The summed E-state index contributed by atoms with van der Waals surface area (Å²) in [6, 6.07) is 0. The molecule has 1 aliphatic heterocycles. The van der Waals surface area contributed by atoms with E-state index in [2.05, 4.69) is 10.6 Å². The first-order chi connectivity index (χ1) is 6.24. The summed E-state index contributed by atoms with van der Waals surface area (Å²) in [5.41, 5.74) is 0. The number of nitrogens with one attached hydrogen (secondary N) is 2. The van der Waals surface area contributed by atoms with E-state index in [0.29, 0.717) is 19.5 Å². The van der Waals surface area contributed by atoms with E-state index in [1.165, 1.54) is 0 Å². The van der Waals surface area contributed by atoms with E-state index in [1.54, 1.807) is 11.8 Å². The molecule has 13 heavy (non-hydrogen) atoms. The van der Waals surface area contributed by atoms with E-state index >= 15 is 0 Å². The monoisotopic (exact) mass is 202 g/mol. The number of amides is 2. The second-order valence-corrected chi connectivity index (χ2v) is 3.97. The molecule has 0 bridgehead atoms. The van der Waals surface area contributed by atoms with Gasteiger partial charge < -0.3 is 10.6 Å². The zero-order valence-electron chi connectivity index (χ0n) is 7.63. The van der Waals surface area contributed by atoms with Gasteiger partial charge in [-0.05, 0) is 6.26 Å². The molecule has 0 aromatic rings. The molecule has 1 atom stereocenters. The summed E-state index contributed by atoms with van der Waals surface area (Å²) in [6.45, 7) is 1.18. The maximum Gasteiger partial charge on any atom is 0.225 e. The number of carbonyl (C=O) groups is 2. The summed E-state index contributed by atoms with van der Waals surface area (Å²) in [5.74, 6) is 0.728. The molecule has 74 valence electrons. The average Bonchev–Trinajstić information content (AvgIpc) is 2.52. The summed E-state index contributed by atoms with van der Waals surface area (Å²) in [5, 5.41) is 5.43. The van der Waals surface area contributed by atoms with Gasteiger partial charge in [0.25, 0.3) is 0 Å².